The minimum Gasteiger partial charge on any atom is -0.313 e. The first-order valence-corrected chi connectivity index (χ1v) is 17.3. The Morgan fingerprint density at radius 2 is 1.28 bits per heavy atom. The Morgan fingerprint density at radius 1 is 0.744 bits per heavy atom. The molecule has 0 aliphatic heterocycles. The smallest absolute Gasteiger partial charge is 0.313 e. The summed E-state index contributed by atoms with van der Waals surface area (Å²) in [5.41, 5.74) is 3.03. The highest BCUT2D eigenvalue weighted by molar-refractivity contribution is 5.28. The van der Waals surface area contributed by atoms with Crippen molar-refractivity contribution in [2.75, 3.05) is 0 Å². The fourth-order valence-electron chi connectivity index (χ4n) is 7.37. The summed E-state index contributed by atoms with van der Waals surface area (Å²) < 4.78 is 49.4. The molecule has 4 heteroatoms. The van der Waals surface area contributed by atoms with E-state index in [1.165, 1.54) is 101 Å². The van der Waals surface area contributed by atoms with Gasteiger partial charge in [0, 0.05) is 0 Å². The zero-order chi connectivity index (χ0) is 30.5. The number of alkyl halides is 3. The van der Waals surface area contributed by atoms with Crippen molar-refractivity contribution in [3.63, 3.8) is 0 Å². The summed E-state index contributed by atoms with van der Waals surface area (Å²) in [6, 6.07) is 14.5. The van der Waals surface area contributed by atoms with E-state index < -0.39 is 12.3 Å². The molecule has 1 unspecified atom stereocenters. The van der Waals surface area contributed by atoms with Crippen molar-refractivity contribution in [1.82, 2.24) is 0 Å². The van der Waals surface area contributed by atoms with E-state index in [1.807, 2.05) is 36.4 Å². The van der Waals surface area contributed by atoms with Crippen molar-refractivity contribution in [3.05, 3.63) is 82.9 Å². The number of hydrogen-bond donors (Lipinski definition) is 0. The Morgan fingerprint density at radius 3 is 1.84 bits per heavy atom. The van der Waals surface area contributed by atoms with Gasteiger partial charge in [-0.05, 0) is 117 Å². The molecule has 0 spiro atoms. The van der Waals surface area contributed by atoms with Crippen LogP contribution in [0.1, 0.15) is 157 Å². The monoisotopic (exact) mass is 596 g/mol. The zero-order valence-electron chi connectivity index (χ0n) is 26.7. The molecule has 1 nitrogen and oxygen atoms in total. The molecule has 0 heterocycles. The Kier molecular flexibility index (Phi) is 13.7. The van der Waals surface area contributed by atoms with Crippen molar-refractivity contribution in [2.24, 2.45) is 11.8 Å². The van der Waals surface area contributed by atoms with Gasteiger partial charge in [0.05, 0.1) is 6.61 Å². The Hall–Kier alpha value is -2.07. The fourth-order valence-corrected chi connectivity index (χ4v) is 7.37. The zero-order valence-corrected chi connectivity index (χ0v) is 26.7. The maximum absolute atomic E-state index is 15.0. The third-order valence-corrected chi connectivity index (χ3v) is 10.3. The molecular weight excluding hydrogens is 541 g/mol. The number of halogens is 3. The number of benzene rings is 2. The number of ether oxygens (including phenoxy) is 1. The Bertz CT molecular complexity index is 1060. The quantitative estimate of drug-likeness (QED) is 0.138. The predicted octanol–water partition coefficient (Wildman–Crippen LogP) is 12.8. The molecule has 2 aliphatic carbocycles. The molecule has 2 saturated carbocycles. The molecule has 2 aliphatic rings. The maximum Gasteiger partial charge on any atom is 0.391 e. The fraction of sp³-hybridized carbons (Fsp3) is 0.641. The van der Waals surface area contributed by atoms with E-state index in [0.717, 1.165) is 36.7 Å². The number of rotatable bonds is 16. The van der Waals surface area contributed by atoms with Crippen LogP contribution in [0.25, 0.3) is 0 Å². The molecule has 0 bridgehead atoms. The first-order chi connectivity index (χ1) is 20.9. The van der Waals surface area contributed by atoms with E-state index in [4.69, 9.17) is 4.74 Å². The van der Waals surface area contributed by atoms with Crippen molar-refractivity contribution < 1.29 is 17.9 Å². The second kappa shape index (κ2) is 17.4. The summed E-state index contributed by atoms with van der Waals surface area (Å²) in [7, 11) is 0. The summed E-state index contributed by atoms with van der Waals surface area (Å²) in [5.74, 6) is 2.60. The van der Waals surface area contributed by atoms with Gasteiger partial charge in [-0.2, -0.15) is 8.78 Å². The molecule has 0 amide bonds. The van der Waals surface area contributed by atoms with Gasteiger partial charge in [0.1, 0.15) is 0 Å². The van der Waals surface area contributed by atoms with Crippen molar-refractivity contribution in [1.29, 1.82) is 0 Å². The maximum atomic E-state index is 15.0. The lowest BCUT2D eigenvalue weighted by molar-refractivity contribution is -0.282. The summed E-state index contributed by atoms with van der Waals surface area (Å²) in [6.07, 6.45) is 18.0. The second-order valence-corrected chi connectivity index (χ2v) is 13.4. The molecule has 43 heavy (non-hydrogen) atoms. The molecule has 238 valence electrons. The average molecular weight is 597 g/mol. The van der Waals surface area contributed by atoms with Gasteiger partial charge < -0.3 is 4.74 Å². The van der Waals surface area contributed by atoms with Crippen molar-refractivity contribution in [2.45, 2.75) is 147 Å². The van der Waals surface area contributed by atoms with Gasteiger partial charge >= 0.3 is 6.11 Å². The molecule has 4 rings (SSSR count). The van der Waals surface area contributed by atoms with Crippen molar-refractivity contribution in [3.8, 4) is 0 Å². The molecule has 1 atom stereocenters. The highest BCUT2D eigenvalue weighted by atomic mass is 19.3. The normalized spacial score (nSPS) is 23.9. The first-order valence-electron chi connectivity index (χ1n) is 17.3. The third-order valence-electron chi connectivity index (χ3n) is 10.3. The van der Waals surface area contributed by atoms with Crippen LogP contribution in [0, 0.1) is 11.8 Å². The van der Waals surface area contributed by atoms with Gasteiger partial charge in [-0.3, -0.25) is 0 Å². The lowest BCUT2D eigenvalue weighted by Gasteiger charge is -2.29. The Balaban J connectivity index is 1.19. The lowest BCUT2D eigenvalue weighted by Crippen LogP contribution is -2.27. The summed E-state index contributed by atoms with van der Waals surface area (Å²) >= 11 is 0. The first kappa shape index (κ1) is 33.8. The molecule has 2 aromatic rings. The van der Waals surface area contributed by atoms with E-state index in [9.17, 15) is 13.2 Å². The third kappa shape index (κ3) is 10.5. The molecular formula is C39H55F3O. The van der Waals surface area contributed by atoms with Gasteiger partial charge in [0.15, 0.2) is 0 Å². The van der Waals surface area contributed by atoms with E-state index in [1.54, 1.807) is 0 Å². The average Bonchev–Trinajstić information content (AvgIpc) is 3.04. The SMILES string of the molecule is CC=CCCC1CCC(c2ccc(COC(F)(F)C(F)c3ccc(C4CCC(CCCCCCC)CC4)cc3)cc2)CC1. The topological polar surface area (TPSA) is 9.23 Å². The molecule has 0 aromatic heterocycles. The summed E-state index contributed by atoms with van der Waals surface area (Å²) in [5, 5.41) is 0. The predicted molar refractivity (Wildman–Crippen MR) is 173 cm³/mol. The summed E-state index contributed by atoms with van der Waals surface area (Å²) in [6.45, 7) is 4.01. The van der Waals surface area contributed by atoms with Crippen LogP contribution < -0.4 is 0 Å². The number of allylic oxidation sites excluding steroid dienone is 2. The second-order valence-electron chi connectivity index (χ2n) is 13.4. The summed E-state index contributed by atoms with van der Waals surface area (Å²) in [4.78, 5) is 0. The van der Waals surface area contributed by atoms with E-state index in [-0.39, 0.29) is 12.2 Å². The minimum absolute atomic E-state index is 0.0221. The van der Waals surface area contributed by atoms with Gasteiger partial charge in [0.25, 0.3) is 0 Å². The number of unbranched alkanes of at least 4 members (excludes halogenated alkanes) is 4. The van der Waals surface area contributed by atoms with Gasteiger partial charge in [0.2, 0.25) is 6.17 Å². The van der Waals surface area contributed by atoms with E-state index >= 15 is 0 Å². The standard InChI is InChI=1S/C39H55F3O/c1-3-5-7-8-10-12-31-15-21-34(22-16-31)36-25-27-37(28-26-36)38(40)39(41,42)43-29-32-17-23-35(24-18-32)33-19-13-30(14-20-33)11-9-6-4-2/h4,6,17-18,23-28,30-31,33-34,38H,3,5,7-16,19-22,29H2,1-2H3. The van der Waals surface area contributed by atoms with Gasteiger partial charge in [-0.1, -0.05) is 106 Å². The van der Waals surface area contributed by atoms with Crippen LogP contribution in [0.4, 0.5) is 13.2 Å². The van der Waals surface area contributed by atoms with Crippen LogP contribution in [0.3, 0.4) is 0 Å². The van der Waals surface area contributed by atoms with Crippen LogP contribution in [0.2, 0.25) is 0 Å². The molecule has 2 fully saturated rings. The largest absolute Gasteiger partial charge is 0.391 e. The van der Waals surface area contributed by atoms with Crippen LogP contribution in [0.5, 0.6) is 0 Å². The van der Waals surface area contributed by atoms with Crippen LogP contribution >= 0.6 is 0 Å². The van der Waals surface area contributed by atoms with E-state index in [0.29, 0.717) is 17.4 Å². The molecule has 0 saturated heterocycles. The van der Waals surface area contributed by atoms with Gasteiger partial charge in [-0.15, -0.1) is 0 Å². The highest BCUT2D eigenvalue weighted by Crippen LogP contribution is 2.41. The van der Waals surface area contributed by atoms with Crippen LogP contribution in [0.15, 0.2) is 60.7 Å². The van der Waals surface area contributed by atoms with Crippen LogP contribution in [-0.2, 0) is 11.3 Å². The molecule has 0 N–H and O–H groups in total. The molecule has 0 radical (unpaired) electrons. The minimum atomic E-state index is -3.89. The lowest BCUT2D eigenvalue weighted by atomic mass is 9.77. The van der Waals surface area contributed by atoms with Crippen molar-refractivity contribution >= 4 is 0 Å². The Labute approximate surface area is 259 Å². The van der Waals surface area contributed by atoms with E-state index in [2.05, 4.69) is 26.0 Å². The van der Waals surface area contributed by atoms with Crippen LogP contribution in [-0.4, -0.2) is 6.11 Å². The molecule has 2 aromatic carbocycles. The number of hydrogen-bond acceptors (Lipinski definition) is 1. The van der Waals surface area contributed by atoms with Gasteiger partial charge in [-0.25, -0.2) is 4.39 Å². The highest BCUT2D eigenvalue weighted by Gasteiger charge is 2.43.